The van der Waals surface area contributed by atoms with Gasteiger partial charge in [-0.05, 0) is 43.3 Å². The molecule has 0 saturated heterocycles. The van der Waals surface area contributed by atoms with Gasteiger partial charge in [-0.15, -0.1) is 4.09 Å². The number of ether oxygens (including phenoxy) is 4. The monoisotopic (exact) mass is 437 g/mol. The number of benzene rings is 2. The van der Waals surface area contributed by atoms with Crippen LogP contribution in [0.3, 0.4) is 0 Å². The molecule has 0 aliphatic carbocycles. The Labute approximate surface area is 173 Å². The van der Waals surface area contributed by atoms with E-state index in [1.165, 1.54) is 33.5 Å². The van der Waals surface area contributed by atoms with Crippen LogP contribution >= 0.6 is 0 Å². The summed E-state index contributed by atoms with van der Waals surface area (Å²) in [6, 6.07) is 7.33. The highest BCUT2D eigenvalue weighted by molar-refractivity contribution is 7.90. The second-order valence-corrected chi connectivity index (χ2v) is 7.63. The van der Waals surface area contributed by atoms with Crippen molar-refractivity contribution in [3.05, 3.63) is 42.2 Å². The molecule has 3 aromatic rings. The Kier molecular flexibility index (Phi) is 6.11. The van der Waals surface area contributed by atoms with Crippen molar-refractivity contribution in [1.29, 1.82) is 0 Å². The zero-order valence-corrected chi connectivity index (χ0v) is 17.6. The first-order valence-electron chi connectivity index (χ1n) is 8.77. The normalized spacial score (nSPS) is 11.2. The second-order valence-electron chi connectivity index (χ2n) is 5.87. The zero-order valence-electron chi connectivity index (χ0n) is 16.7. The third-order valence-corrected chi connectivity index (χ3v) is 5.67. The van der Waals surface area contributed by atoms with Crippen molar-refractivity contribution < 1.29 is 31.8 Å². The second kappa shape index (κ2) is 8.57. The standard InChI is InChI=1S/C19H20FN3O6S/c1-5-29-19-21-18(12-10-15(26-2)17(28-4)16(11-12)27-3)23(22-19)30(24,25)14-8-6-13(20)7-9-14/h6-11H,5H2,1-4H3. The minimum Gasteiger partial charge on any atom is -0.493 e. The molecule has 9 nitrogen and oxygen atoms in total. The van der Waals surface area contributed by atoms with E-state index < -0.39 is 15.8 Å². The topological polar surface area (TPSA) is 102 Å². The van der Waals surface area contributed by atoms with E-state index in [0.717, 1.165) is 28.4 Å². The molecule has 2 aromatic carbocycles. The van der Waals surface area contributed by atoms with Crippen LogP contribution in [0.2, 0.25) is 0 Å². The lowest BCUT2D eigenvalue weighted by atomic mass is 10.1. The van der Waals surface area contributed by atoms with E-state index in [1.54, 1.807) is 6.92 Å². The van der Waals surface area contributed by atoms with Crippen molar-refractivity contribution in [2.45, 2.75) is 11.8 Å². The maximum atomic E-state index is 13.3. The first kappa shape index (κ1) is 21.4. The maximum Gasteiger partial charge on any atom is 0.337 e. The van der Waals surface area contributed by atoms with Crippen LogP contribution in [0.5, 0.6) is 23.3 Å². The molecule has 0 fully saturated rings. The predicted octanol–water partition coefficient (Wildman–Crippen LogP) is 2.75. The van der Waals surface area contributed by atoms with Crippen molar-refractivity contribution in [2.24, 2.45) is 0 Å². The molecule has 30 heavy (non-hydrogen) atoms. The molecule has 0 unspecified atom stereocenters. The van der Waals surface area contributed by atoms with Crippen molar-refractivity contribution in [1.82, 2.24) is 14.2 Å². The van der Waals surface area contributed by atoms with Gasteiger partial charge in [-0.1, -0.05) is 5.10 Å². The predicted molar refractivity (Wildman–Crippen MR) is 105 cm³/mol. The van der Waals surface area contributed by atoms with E-state index in [1.807, 2.05) is 0 Å². The van der Waals surface area contributed by atoms with Gasteiger partial charge >= 0.3 is 6.01 Å². The van der Waals surface area contributed by atoms with E-state index >= 15 is 0 Å². The van der Waals surface area contributed by atoms with Gasteiger partial charge in [0.05, 0.1) is 32.8 Å². The summed E-state index contributed by atoms with van der Waals surface area (Å²) in [5.74, 6) is 0.341. The zero-order chi connectivity index (χ0) is 21.9. The van der Waals surface area contributed by atoms with Crippen LogP contribution in [0.25, 0.3) is 11.4 Å². The Morgan fingerprint density at radius 3 is 2.10 bits per heavy atom. The smallest absolute Gasteiger partial charge is 0.337 e. The van der Waals surface area contributed by atoms with Crippen LogP contribution in [0.15, 0.2) is 41.3 Å². The number of hydrogen-bond donors (Lipinski definition) is 0. The van der Waals surface area contributed by atoms with Crippen molar-refractivity contribution in [3.8, 4) is 34.6 Å². The summed E-state index contributed by atoms with van der Waals surface area (Å²) < 4.78 is 61.6. The van der Waals surface area contributed by atoms with Crippen LogP contribution in [0.1, 0.15) is 6.92 Å². The SMILES string of the molecule is CCOc1nc(-c2cc(OC)c(OC)c(OC)c2)n(S(=O)(=O)c2ccc(F)cc2)n1. The summed E-state index contributed by atoms with van der Waals surface area (Å²) in [4.78, 5) is 4.05. The average Bonchev–Trinajstić information content (AvgIpc) is 3.18. The fourth-order valence-corrected chi connectivity index (χ4v) is 3.96. The highest BCUT2D eigenvalue weighted by atomic mass is 32.2. The van der Waals surface area contributed by atoms with Gasteiger partial charge < -0.3 is 18.9 Å². The number of rotatable bonds is 8. The fourth-order valence-electron chi connectivity index (χ4n) is 2.73. The molecule has 160 valence electrons. The molecule has 0 aliphatic rings. The molecule has 0 spiro atoms. The van der Waals surface area contributed by atoms with Crippen LogP contribution in [0.4, 0.5) is 4.39 Å². The molecule has 0 N–H and O–H groups in total. The number of methoxy groups -OCH3 is 3. The van der Waals surface area contributed by atoms with E-state index in [4.69, 9.17) is 18.9 Å². The summed E-state index contributed by atoms with van der Waals surface area (Å²) in [5.41, 5.74) is 0.327. The summed E-state index contributed by atoms with van der Waals surface area (Å²) in [5, 5.41) is 3.99. The Bertz CT molecular complexity index is 1120. The van der Waals surface area contributed by atoms with E-state index in [2.05, 4.69) is 10.1 Å². The summed E-state index contributed by atoms with van der Waals surface area (Å²) in [6.07, 6.45) is 0. The third kappa shape index (κ3) is 3.88. The number of hydrogen-bond acceptors (Lipinski definition) is 8. The lowest BCUT2D eigenvalue weighted by molar-refractivity contribution is 0.313. The first-order valence-corrected chi connectivity index (χ1v) is 10.2. The molecular weight excluding hydrogens is 417 g/mol. The van der Waals surface area contributed by atoms with Gasteiger partial charge in [0.1, 0.15) is 5.82 Å². The summed E-state index contributed by atoms with van der Waals surface area (Å²) >= 11 is 0. The molecule has 11 heteroatoms. The minimum atomic E-state index is -4.20. The van der Waals surface area contributed by atoms with Crippen LogP contribution in [-0.4, -0.2) is 50.5 Å². The third-order valence-electron chi connectivity index (χ3n) is 4.09. The van der Waals surface area contributed by atoms with Gasteiger partial charge in [0.15, 0.2) is 17.3 Å². The van der Waals surface area contributed by atoms with Gasteiger partial charge in [0.2, 0.25) is 5.75 Å². The Balaban J connectivity index is 2.25. The van der Waals surface area contributed by atoms with Crippen LogP contribution in [-0.2, 0) is 10.0 Å². The first-order chi connectivity index (χ1) is 14.3. The van der Waals surface area contributed by atoms with Gasteiger partial charge in [0.25, 0.3) is 10.0 Å². The quantitative estimate of drug-likeness (QED) is 0.530. The summed E-state index contributed by atoms with van der Waals surface area (Å²) in [7, 11) is 0.124. The summed E-state index contributed by atoms with van der Waals surface area (Å²) in [6.45, 7) is 1.95. The molecule has 0 bridgehead atoms. The molecule has 0 radical (unpaired) electrons. The molecule has 1 heterocycles. The van der Waals surface area contributed by atoms with E-state index in [9.17, 15) is 12.8 Å². The van der Waals surface area contributed by atoms with Crippen LogP contribution in [0, 0.1) is 5.82 Å². The lowest BCUT2D eigenvalue weighted by Gasteiger charge is -2.14. The van der Waals surface area contributed by atoms with Gasteiger partial charge in [-0.2, -0.15) is 13.4 Å². The Hall–Kier alpha value is -3.34. The van der Waals surface area contributed by atoms with Gasteiger partial charge in [-0.3, -0.25) is 0 Å². The Morgan fingerprint density at radius 2 is 1.60 bits per heavy atom. The number of aromatic nitrogens is 3. The van der Waals surface area contributed by atoms with Crippen molar-refractivity contribution in [2.75, 3.05) is 27.9 Å². The number of halogens is 1. The molecule has 3 rings (SSSR count). The lowest BCUT2D eigenvalue weighted by Crippen LogP contribution is -2.16. The fraction of sp³-hybridized carbons (Fsp3) is 0.263. The van der Waals surface area contributed by atoms with Crippen LogP contribution < -0.4 is 18.9 Å². The molecule has 0 aliphatic heterocycles. The minimum absolute atomic E-state index is 0.0398. The molecule has 0 saturated carbocycles. The largest absolute Gasteiger partial charge is 0.493 e. The number of nitrogens with zero attached hydrogens (tertiary/aromatic N) is 3. The maximum absolute atomic E-state index is 13.3. The van der Waals surface area contributed by atoms with Gasteiger partial charge in [0, 0.05) is 5.56 Å². The molecule has 1 aromatic heterocycles. The van der Waals surface area contributed by atoms with Gasteiger partial charge in [-0.25, -0.2) is 4.39 Å². The van der Waals surface area contributed by atoms with Crippen molar-refractivity contribution >= 4 is 10.0 Å². The molecule has 0 atom stereocenters. The highest BCUT2D eigenvalue weighted by Gasteiger charge is 2.27. The molecule has 0 amide bonds. The van der Waals surface area contributed by atoms with E-state index in [-0.39, 0.29) is 23.3 Å². The average molecular weight is 437 g/mol. The Morgan fingerprint density at radius 1 is 1.00 bits per heavy atom. The molecular formula is C19H20FN3O6S. The van der Waals surface area contributed by atoms with Crippen molar-refractivity contribution in [3.63, 3.8) is 0 Å². The van der Waals surface area contributed by atoms with E-state index in [0.29, 0.717) is 22.8 Å². The highest BCUT2D eigenvalue weighted by Crippen LogP contribution is 2.41.